The van der Waals surface area contributed by atoms with Crippen molar-refractivity contribution in [2.24, 2.45) is 5.92 Å². The fourth-order valence-corrected chi connectivity index (χ4v) is 14.7. The van der Waals surface area contributed by atoms with Crippen LogP contribution in [0.5, 0.6) is 0 Å². The number of halogens is 2. The summed E-state index contributed by atoms with van der Waals surface area (Å²) in [5, 5.41) is 34.6. The molecule has 0 radical (unpaired) electrons. The molecule has 0 bridgehead atoms. The van der Waals surface area contributed by atoms with Gasteiger partial charge in [0.2, 0.25) is 0 Å². The molecule has 1 aliphatic rings. The zero-order valence-electron chi connectivity index (χ0n) is 52.1. The first-order valence-corrected chi connectivity index (χ1v) is 31.5. The number of anilines is 6. The number of hydrogen-bond acceptors (Lipinski definition) is 12. The van der Waals surface area contributed by atoms with Crippen molar-refractivity contribution >= 4 is 66.0 Å². The molecule has 17 heteroatoms. The van der Waals surface area contributed by atoms with Crippen molar-refractivity contribution in [3.63, 3.8) is 0 Å². The first-order valence-electron chi connectivity index (χ1n) is 29.9. The first kappa shape index (κ1) is 59.5. The highest BCUT2D eigenvalue weighted by Crippen LogP contribution is 2.56. The summed E-state index contributed by atoms with van der Waals surface area (Å²) < 4.78 is 19.0. The van der Waals surface area contributed by atoms with Crippen molar-refractivity contribution in [3.8, 4) is 62.1 Å². The van der Waals surface area contributed by atoms with E-state index in [4.69, 9.17) is 24.5 Å². The number of benzene rings is 6. The average molecular weight is 1300 g/mol. The summed E-state index contributed by atoms with van der Waals surface area (Å²) in [5.41, 5.74) is 23.5. The minimum Gasteiger partial charge on any atom is -0.361 e. The summed E-state index contributed by atoms with van der Waals surface area (Å²) in [5.74, 6) is 1.63. The van der Waals surface area contributed by atoms with E-state index in [1.165, 1.54) is 5.56 Å². The maximum Gasteiger partial charge on any atom is 0.141 e. The molecule has 1 saturated carbocycles. The van der Waals surface area contributed by atoms with Crippen molar-refractivity contribution in [2.45, 2.75) is 107 Å². The lowest BCUT2D eigenvalue weighted by Gasteiger charge is -2.49. The fourth-order valence-electron chi connectivity index (χ4n) is 13.6. The van der Waals surface area contributed by atoms with Gasteiger partial charge in [-0.1, -0.05) is 58.8 Å². The minimum absolute atomic E-state index is 0.0118. The highest BCUT2D eigenvalue weighted by Gasteiger charge is 2.51. The van der Waals surface area contributed by atoms with Crippen LogP contribution in [0.1, 0.15) is 96.1 Å². The van der Waals surface area contributed by atoms with Crippen molar-refractivity contribution in [3.05, 3.63) is 200 Å². The summed E-state index contributed by atoms with van der Waals surface area (Å²) in [6, 6.07) is 42.1. The van der Waals surface area contributed by atoms with Crippen LogP contribution in [0.2, 0.25) is 0 Å². The lowest BCUT2D eigenvalue weighted by atomic mass is 9.53. The largest absolute Gasteiger partial charge is 0.361 e. The van der Waals surface area contributed by atoms with Gasteiger partial charge in [0.25, 0.3) is 0 Å². The van der Waals surface area contributed by atoms with Crippen molar-refractivity contribution in [2.75, 3.05) is 35.3 Å². The molecule has 5 aromatic heterocycles. The zero-order valence-corrected chi connectivity index (χ0v) is 55.2. The SMILES string of the molecule is CCN(c1ccc(-n2cc(-c3cc(-c4c(C)nn(CC)c4C)cc(N(C)c4ccc(-n5ccnc5)c(Br)c4)c3C)nn2)c(Br)c1)c1cc(-c2c(C)noc2C)ccc1[C@H](C)C1CCC1(C#N)c1ccc(N(C)c2cc(-c3c(C)noc3C)ccc2C)cc1. The van der Waals surface area contributed by atoms with E-state index in [-0.39, 0.29) is 11.8 Å². The molecule has 88 heavy (non-hydrogen) atoms. The maximum atomic E-state index is 11.4. The molecule has 2 unspecified atom stereocenters. The molecule has 1 aliphatic carbocycles. The normalized spacial score (nSPS) is 15.1. The topological polar surface area (TPSA) is 152 Å². The third-order valence-corrected chi connectivity index (χ3v) is 19.7. The molecule has 3 atom stereocenters. The smallest absolute Gasteiger partial charge is 0.141 e. The van der Waals surface area contributed by atoms with Gasteiger partial charge in [0.15, 0.2) is 0 Å². The molecule has 11 aromatic rings. The number of aryl methyl sites for hydroxylation is 7. The molecule has 0 aliphatic heterocycles. The number of hydrogen-bond donors (Lipinski definition) is 0. The van der Waals surface area contributed by atoms with E-state index < -0.39 is 5.41 Å². The van der Waals surface area contributed by atoms with Gasteiger partial charge in [-0.25, -0.2) is 9.67 Å². The van der Waals surface area contributed by atoms with E-state index in [1.54, 1.807) is 12.5 Å². The van der Waals surface area contributed by atoms with Crippen LogP contribution in [0, 0.1) is 72.6 Å². The molecule has 0 saturated heterocycles. The molecular weight excluding hydrogens is 1230 g/mol. The second-order valence-corrected chi connectivity index (χ2v) is 25.1. The predicted molar refractivity (Wildman–Crippen MR) is 358 cm³/mol. The molecule has 446 valence electrons. The Morgan fingerprint density at radius 1 is 0.693 bits per heavy atom. The summed E-state index contributed by atoms with van der Waals surface area (Å²) >= 11 is 7.88. The Kier molecular flexibility index (Phi) is 16.0. The second kappa shape index (κ2) is 23.7. The Morgan fingerprint density at radius 2 is 1.32 bits per heavy atom. The Morgan fingerprint density at radius 3 is 1.91 bits per heavy atom. The average Bonchev–Trinajstić information content (AvgIpc) is 1.26. The third kappa shape index (κ3) is 10.3. The summed E-state index contributed by atoms with van der Waals surface area (Å²) in [6.07, 6.45) is 9.23. The van der Waals surface area contributed by atoms with Gasteiger partial charge in [-0.2, -0.15) is 10.4 Å². The zero-order chi connectivity index (χ0) is 62.0. The highest BCUT2D eigenvalue weighted by atomic mass is 79.9. The van der Waals surface area contributed by atoms with Crippen molar-refractivity contribution < 1.29 is 9.05 Å². The van der Waals surface area contributed by atoms with E-state index in [9.17, 15) is 5.26 Å². The van der Waals surface area contributed by atoms with Crippen LogP contribution in [0.4, 0.5) is 34.1 Å². The lowest BCUT2D eigenvalue weighted by molar-refractivity contribution is 0.151. The number of rotatable bonds is 17. The van der Waals surface area contributed by atoms with Crippen molar-refractivity contribution in [1.29, 1.82) is 5.26 Å². The molecule has 6 aromatic carbocycles. The standard InChI is InChI=1S/C71H71Br2N13O2/c1-14-84(56-24-27-64(61(73)37-56)86-38-62(76-80-86)58-32-52(68-44(6)77-85(15-2)47(68)9)35-66(43(58)5)82(13)55-23-26-63(60(72)36-55)83-31-30-75-40-83)67-34-51(70-46(8)79-88-49(70)11)18-25-57(67)42(4)59-28-29-71(59,39-74)53-19-21-54(22-20-53)81(12)65-33-50(17-16-41(65)3)69-45(7)78-87-48(69)10/h16-27,30-38,40,42,59H,14-15,28-29H2,1-13H3/t42-,59?,71?/m0/s1. The minimum atomic E-state index is -0.676. The van der Waals surface area contributed by atoms with Gasteiger partial charge in [0, 0.05) is 111 Å². The Bertz CT molecular complexity index is 4450. The van der Waals surface area contributed by atoms with Crippen LogP contribution in [0.25, 0.3) is 56.0 Å². The van der Waals surface area contributed by atoms with Gasteiger partial charge in [0.1, 0.15) is 17.2 Å². The third-order valence-electron chi connectivity index (χ3n) is 18.5. The highest BCUT2D eigenvalue weighted by molar-refractivity contribution is 9.11. The fraction of sp³-hybridized carbons (Fsp3) is 0.282. The molecule has 5 heterocycles. The van der Waals surface area contributed by atoms with Gasteiger partial charge in [0.05, 0.1) is 52.5 Å². The van der Waals surface area contributed by atoms with Gasteiger partial charge < -0.3 is 28.3 Å². The Labute approximate surface area is 531 Å². The molecule has 0 N–H and O–H groups in total. The summed E-state index contributed by atoms with van der Waals surface area (Å²) in [7, 11) is 4.20. The Hall–Kier alpha value is -8.85. The summed E-state index contributed by atoms with van der Waals surface area (Å²) in [4.78, 5) is 11.1. The molecule has 1 fully saturated rings. The molecule has 15 nitrogen and oxygen atoms in total. The molecule has 0 spiro atoms. The van der Waals surface area contributed by atoms with Crippen LogP contribution < -0.4 is 14.7 Å². The van der Waals surface area contributed by atoms with Crippen LogP contribution in [0.3, 0.4) is 0 Å². The molecule has 12 rings (SSSR count). The lowest BCUT2D eigenvalue weighted by Crippen LogP contribution is -2.46. The quantitative estimate of drug-likeness (QED) is 0.0853. The van der Waals surface area contributed by atoms with Gasteiger partial charge in [-0.05, 0) is 238 Å². The van der Waals surface area contributed by atoms with Crippen LogP contribution >= 0.6 is 31.9 Å². The van der Waals surface area contributed by atoms with Gasteiger partial charge in [-0.3, -0.25) is 4.68 Å². The van der Waals surface area contributed by atoms with E-state index in [2.05, 4.69) is 244 Å². The van der Waals surface area contributed by atoms with Gasteiger partial charge >= 0.3 is 0 Å². The number of imidazole rings is 1. The van der Waals surface area contributed by atoms with E-state index in [0.29, 0.717) is 6.54 Å². The number of nitrogens with zero attached hydrogens (tertiary/aromatic N) is 13. The monoisotopic (exact) mass is 1300 g/mol. The van der Waals surface area contributed by atoms with E-state index in [0.717, 1.165) is 169 Å². The predicted octanol–water partition coefficient (Wildman–Crippen LogP) is 18.0. The van der Waals surface area contributed by atoms with Crippen molar-refractivity contribution in [1.82, 2.24) is 44.6 Å². The van der Waals surface area contributed by atoms with E-state index >= 15 is 0 Å². The molecular formula is C71H71Br2N13O2. The number of nitriles is 1. The summed E-state index contributed by atoms with van der Waals surface area (Å²) in [6.45, 7) is 24.4. The van der Waals surface area contributed by atoms with Crippen LogP contribution in [-0.4, -0.2) is 65.3 Å². The second-order valence-electron chi connectivity index (χ2n) is 23.4. The van der Waals surface area contributed by atoms with Crippen LogP contribution in [0.15, 0.2) is 152 Å². The first-order chi connectivity index (χ1) is 42.3. The molecule has 0 amide bonds. The van der Waals surface area contributed by atoms with Crippen LogP contribution in [-0.2, 0) is 12.0 Å². The number of aromatic nitrogens is 9. The van der Waals surface area contributed by atoms with E-state index in [1.807, 2.05) is 49.3 Å². The Balaban J connectivity index is 0.866. The maximum absolute atomic E-state index is 11.4. The van der Waals surface area contributed by atoms with Gasteiger partial charge in [-0.15, -0.1) is 5.10 Å².